The Morgan fingerprint density at radius 2 is 1.89 bits per heavy atom. The number of rotatable bonds is 9. The van der Waals surface area contributed by atoms with Gasteiger partial charge in [-0.2, -0.15) is 0 Å². The average Bonchev–Trinajstić information content (AvgIpc) is 2.64. The van der Waals surface area contributed by atoms with Gasteiger partial charge in [-0.25, -0.2) is 14.8 Å². The van der Waals surface area contributed by atoms with E-state index < -0.39 is 11.9 Å². The van der Waals surface area contributed by atoms with Crippen LogP contribution in [0, 0.1) is 5.92 Å². The molecule has 0 bridgehead atoms. The third kappa shape index (κ3) is 5.80. The number of nitrogens with two attached hydrogens (primary N) is 1. The second-order valence-corrected chi connectivity index (χ2v) is 6.74. The summed E-state index contributed by atoms with van der Waals surface area (Å²) in [5.74, 6) is 0.542. The van der Waals surface area contributed by atoms with Crippen LogP contribution in [-0.2, 0) is 11.3 Å². The predicted molar refractivity (Wildman–Crippen MR) is 106 cm³/mol. The second kappa shape index (κ2) is 9.70. The van der Waals surface area contributed by atoms with Crippen molar-refractivity contribution in [3.8, 4) is 0 Å². The summed E-state index contributed by atoms with van der Waals surface area (Å²) in [6.45, 7) is 6.69. The maximum Gasteiger partial charge on any atom is 0.315 e. The summed E-state index contributed by atoms with van der Waals surface area (Å²) in [4.78, 5) is 32.6. The van der Waals surface area contributed by atoms with Crippen molar-refractivity contribution in [1.82, 2.24) is 20.6 Å². The Hall–Kier alpha value is -2.90. The minimum atomic E-state index is -0.554. The SMILES string of the molecule is CCCCNC(=O)NCc1nc(N[C@H](C(N)=O)C(C)C)c2ccccc2n1. The molecule has 0 fully saturated rings. The quantitative estimate of drug-likeness (QED) is 0.502. The third-order valence-electron chi connectivity index (χ3n) is 4.14. The molecule has 0 aliphatic rings. The van der Waals surface area contributed by atoms with Gasteiger partial charge in [0, 0.05) is 11.9 Å². The molecule has 27 heavy (non-hydrogen) atoms. The van der Waals surface area contributed by atoms with E-state index in [1.807, 2.05) is 38.1 Å². The van der Waals surface area contributed by atoms with Gasteiger partial charge in [0.2, 0.25) is 5.91 Å². The van der Waals surface area contributed by atoms with Gasteiger partial charge in [-0.1, -0.05) is 39.3 Å². The van der Waals surface area contributed by atoms with Crippen LogP contribution in [0.1, 0.15) is 39.4 Å². The van der Waals surface area contributed by atoms with E-state index in [0.717, 1.165) is 23.7 Å². The molecule has 1 aromatic heterocycles. The highest BCUT2D eigenvalue weighted by Gasteiger charge is 2.21. The topological polar surface area (TPSA) is 122 Å². The molecule has 5 N–H and O–H groups in total. The minimum absolute atomic E-state index is 0.00199. The number of nitrogens with one attached hydrogen (secondary N) is 3. The summed E-state index contributed by atoms with van der Waals surface area (Å²) in [5.41, 5.74) is 6.24. The zero-order valence-electron chi connectivity index (χ0n) is 16.1. The fourth-order valence-electron chi connectivity index (χ4n) is 2.63. The van der Waals surface area contributed by atoms with E-state index in [1.54, 1.807) is 0 Å². The highest BCUT2D eigenvalue weighted by atomic mass is 16.2. The summed E-state index contributed by atoms with van der Waals surface area (Å²) in [5, 5.41) is 9.47. The lowest BCUT2D eigenvalue weighted by Crippen LogP contribution is -2.40. The van der Waals surface area contributed by atoms with E-state index in [2.05, 4.69) is 32.8 Å². The lowest BCUT2D eigenvalue weighted by atomic mass is 10.0. The van der Waals surface area contributed by atoms with Gasteiger partial charge >= 0.3 is 6.03 Å². The molecule has 0 aliphatic carbocycles. The van der Waals surface area contributed by atoms with Gasteiger partial charge in [0.25, 0.3) is 0 Å². The second-order valence-electron chi connectivity index (χ2n) is 6.74. The molecule has 0 saturated carbocycles. The average molecular weight is 372 g/mol. The van der Waals surface area contributed by atoms with Gasteiger partial charge in [0.15, 0.2) is 5.82 Å². The van der Waals surface area contributed by atoms with Gasteiger partial charge in [-0.15, -0.1) is 0 Å². The monoisotopic (exact) mass is 372 g/mol. The lowest BCUT2D eigenvalue weighted by Gasteiger charge is -2.21. The fraction of sp³-hybridized carbons (Fsp3) is 0.474. The van der Waals surface area contributed by atoms with Crippen molar-refractivity contribution in [2.75, 3.05) is 11.9 Å². The first kappa shape index (κ1) is 20.4. The number of anilines is 1. The molecule has 1 atom stereocenters. The molecule has 8 heteroatoms. The van der Waals surface area contributed by atoms with Gasteiger partial charge in [0.1, 0.15) is 11.9 Å². The van der Waals surface area contributed by atoms with Crippen molar-refractivity contribution >= 4 is 28.7 Å². The Morgan fingerprint density at radius 1 is 1.15 bits per heavy atom. The molecular weight excluding hydrogens is 344 g/mol. The van der Waals surface area contributed by atoms with E-state index in [0.29, 0.717) is 18.2 Å². The molecule has 0 spiro atoms. The van der Waals surface area contributed by atoms with Crippen LogP contribution in [0.5, 0.6) is 0 Å². The first-order valence-electron chi connectivity index (χ1n) is 9.25. The maximum absolute atomic E-state index is 11.8. The fourth-order valence-corrected chi connectivity index (χ4v) is 2.63. The van der Waals surface area contributed by atoms with Crippen LogP contribution in [0.25, 0.3) is 10.9 Å². The summed E-state index contributed by atoms with van der Waals surface area (Å²) in [7, 11) is 0. The first-order valence-corrected chi connectivity index (χ1v) is 9.25. The predicted octanol–water partition coefficient (Wildman–Crippen LogP) is 2.15. The largest absolute Gasteiger partial charge is 0.368 e. The highest BCUT2D eigenvalue weighted by molar-refractivity contribution is 5.92. The number of amides is 3. The Kier molecular flexibility index (Phi) is 7.34. The summed E-state index contributed by atoms with van der Waals surface area (Å²) < 4.78 is 0. The van der Waals surface area contributed by atoms with Gasteiger partial charge in [0.05, 0.1) is 12.1 Å². The zero-order valence-corrected chi connectivity index (χ0v) is 16.1. The number of carbonyl (C=O) groups is 2. The molecular formula is C19H28N6O2. The van der Waals surface area contributed by atoms with Gasteiger partial charge in [-0.3, -0.25) is 4.79 Å². The van der Waals surface area contributed by atoms with Gasteiger partial charge < -0.3 is 21.7 Å². The van der Waals surface area contributed by atoms with E-state index in [4.69, 9.17) is 5.73 Å². The molecule has 1 aromatic carbocycles. The lowest BCUT2D eigenvalue weighted by molar-refractivity contribution is -0.119. The minimum Gasteiger partial charge on any atom is -0.368 e. The highest BCUT2D eigenvalue weighted by Crippen LogP contribution is 2.22. The van der Waals surface area contributed by atoms with E-state index >= 15 is 0 Å². The Morgan fingerprint density at radius 3 is 2.56 bits per heavy atom. The summed E-state index contributed by atoms with van der Waals surface area (Å²) in [6.07, 6.45) is 1.94. The molecule has 8 nitrogen and oxygen atoms in total. The van der Waals surface area contributed by atoms with Crippen LogP contribution in [0.4, 0.5) is 10.6 Å². The molecule has 0 radical (unpaired) electrons. The van der Waals surface area contributed by atoms with Crippen LogP contribution < -0.4 is 21.7 Å². The van der Waals surface area contributed by atoms with Gasteiger partial charge in [-0.05, 0) is 24.5 Å². The number of aromatic nitrogens is 2. The smallest absolute Gasteiger partial charge is 0.315 e. The van der Waals surface area contributed by atoms with Crippen LogP contribution in [-0.4, -0.2) is 34.5 Å². The number of hydrogen-bond donors (Lipinski definition) is 4. The number of para-hydroxylation sites is 1. The molecule has 2 rings (SSSR count). The van der Waals surface area contributed by atoms with Crippen LogP contribution in [0.2, 0.25) is 0 Å². The van der Waals surface area contributed by atoms with Crippen molar-refractivity contribution in [2.45, 2.75) is 46.2 Å². The number of benzene rings is 1. The number of hydrogen-bond acceptors (Lipinski definition) is 5. The molecule has 0 unspecified atom stereocenters. The van der Waals surface area contributed by atoms with Crippen LogP contribution in [0.15, 0.2) is 24.3 Å². The first-order chi connectivity index (χ1) is 12.9. The van der Waals surface area contributed by atoms with Crippen molar-refractivity contribution in [1.29, 1.82) is 0 Å². The number of unbranched alkanes of at least 4 members (excludes halogenated alkanes) is 1. The number of urea groups is 1. The Bertz CT molecular complexity index is 793. The Labute approximate surface area is 159 Å². The molecule has 1 heterocycles. The van der Waals surface area contributed by atoms with Crippen LogP contribution in [0.3, 0.4) is 0 Å². The number of carbonyl (C=O) groups excluding carboxylic acids is 2. The number of fused-ring (bicyclic) bond motifs is 1. The van der Waals surface area contributed by atoms with E-state index in [-0.39, 0.29) is 18.5 Å². The number of nitrogens with zero attached hydrogens (tertiary/aromatic N) is 2. The molecule has 0 aliphatic heterocycles. The molecule has 2 aromatic rings. The van der Waals surface area contributed by atoms with E-state index in [9.17, 15) is 9.59 Å². The van der Waals surface area contributed by atoms with Crippen molar-refractivity contribution in [3.63, 3.8) is 0 Å². The van der Waals surface area contributed by atoms with E-state index in [1.165, 1.54) is 0 Å². The third-order valence-corrected chi connectivity index (χ3v) is 4.14. The Balaban J connectivity index is 2.21. The molecule has 3 amide bonds. The molecule has 146 valence electrons. The molecule has 0 saturated heterocycles. The maximum atomic E-state index is 11.8. The zero-order chi connectivity index (χ0) is 19.8. The standard InChI is InChI=1S/C19H28N6O2/c1-4-5-10-21-19(27)22-11-15-23-14-9-7-6-8-13(14)18(24-15)25-16(12(2)3)17(20)26/h6-9,12,16H,4-5,10-11H2,1-3H3,(H2,20,26)(H2,21,22,27)(H,23,24,25)/t16-/m0/s1. The van der Waals surface area contributed by atoms with Crippen molar-refractivity contribution in [3.05, 3.63) is 30.1 Å². The normalized spacial score (nSPS) is 12.0. The number of primary amides is 1. The summed E-state index contributed by atoms with van der Waals surface area (Å²) >= 11 is 0. The van der Waals surface area contributed by atoms with Crippen molar-refractivity contribution in [2.24, 2.45) is 11.7 Å². The van der Waals surface area contributed by atoms with Crippen molar-refractivity contribution < 1.29 is 9.59 Å². The summed E-state index contributed by atoms with van der Waals surface area (Å²) in [6, 6.07) is 6.69. The van der Waals surface area contributed by atoms with Crippen LogP contribution >= 0.6 is 0 Å².